The number of carbonyl (C=O) groups is 1. The lowest BCUT2D eigenvalue weighted by Crippen LogP contribution is -2.39. The van der Waals surface area contributed by atoms with Gasteiger partial charge in [-0.2, -0.15) is 10.2 Å². The molecule has 2 aromatic carbocycles. The van der Waals surface area contributed by atoms with E-state index in [0.717, 1.165) is 42.6 Å². The van der Waals surface area contributed by atoms with Crippen LogP contribution in [0.4, 0.5) is 5.95 Å². The number of aryl methyl sites for hydroxylation is 2. The van der Waals surface area contributed by atoms with Crippen molar-refractivity contribution in [2.45, 2.75) is 39.3 Å². The molecule has 0 aliphatic carbocycles. The van der Waals surface area contributed by atoms with Crippen LogP contribution in [-0.2, 0) is 6.54 Å². The maximum absolute atomic E-state index is 11.3. The first kappa shape index (κ1) is 24.5. The Labute approximate surface area is 209 Å². The third kappa shape index (κ3) is 6.07. The van der Waals surface area contributed by atoms with Gasteiger partial charge in [0, 0.05) is 48.5 Å². The SMILES string of the molecule is Cc1cc(C#N)cc(C)c1Oc1ccnc(NC2CCN(Cc3ccc(C(N)=O)cc3Cl)CC2)n1. The van der Waals surface area contributed by atoms with Crippen molar-refractivity contribution in [3.63, 3.8) is 0 Å². The molecule has 35 heavy (non-hydrogen) atoms. The Hall–Kier alpha value is -3.67. The molecule has 0 bridgehead atoms. The summed E-state index contributed by atoms with van der Waals surface area (Å²) in [6, 6.07) is 12.9. The number of carbonyl (C=O) groups excluding carboxylic acids is 1. The number of ether oxygens (including phenoxy) is 1. The third-order valence-corrected chi connectivity index (χ3v) is 6.43. The van der Waals surface area contributed by atoms with E-state index in [-0.39, 0.29) is 6.04 Å². The highest BCUT2D eigenvalue weighted by Gasteiger charge is 2.21. The topological polar surface area (TPSA) is 117 Å². The Morgan fingerprint density at radius 2 is 1.94 bits per heavy atom. The number of hydrogen-bond donors (Lipinski definition) is 2. The summed E-state index contributed by atoms with van der Waals surface area (Å²) in [6.45, 7) is 6.33. The fourth-order valence-electron chi connectivity index (χ4n) is 4.24. The molecule has 1 aromatic heterocycles. The standard InChI is InChI=1S/C26H27ClN6O2/c1-16-11-18(14-28)12-17(2)24(16)35-23-5-8-30-26(32-23)31-21-6-9-33(10-7-21)15-20-4-3-19(25(29)34)13-22(20)27/h3-5,8,11-13,21H,6-7,9-10,15H2,1-2H3,(H2,29,34)(H,30,31,32). The van der Waals surface area contributed by atoms with Crippen LogP contribution in [0.25, 0.3) is 0 Å². The van der Waals surface area contributed by atoms with Gasteiger partial charge in [0.15, 0.2) is 0 Å². The van der Waals surface area contributed by atoms with Gasteiger partial charge in [-0.3, -0.25) is 9.69 Å². The van der Waals surface area contributed by atoms with E-state index in [2.05, 4.69) is 26.3 Å². The number of primary amides is 1. The molecule has 1 fully saturated rings. The van der Waals surface area contributed by atoms with Gasteiger partial charge in [0.1, 0.15) is 5.75 Å². The first-order valence-electron chi connectivity index (χ1n) is 11.4. The second-order valence-corrected chi connectivity index (χ2v) is 9.14. The maximum atomic E-state index is 11.3. The number of benzene rings is 2. The normalized spacial score (nSPS) is 14.3. The quantitative estimate of drug-likeness (QED) is 0.497. The Morgan fingerprint density at radius 1 is 1.23 bits per heavy atom. The monoisotopic (exact) mass is 490 g/mol. The van der Waals surface area contributed by atoms with Crippen molar-refractivity contribution in [2.24, 2.45) is 5.73 Å². The van der Waals surface area contributed by atoms with Crippen LogP contribution in [0.1, 0.15) is 45.5 Å². The van der Waals surface area contributed by atoms with Crippen LogP contribution in [0.3, 0.4) is 0 Å². The molecule has 1 aliphatic heterocycles. The smallest absolute Gasteiger partial charge is 0.248 e. The van der Waals surface area contributed by atoms with Crippen LogP contribution in [0, 0.1) is 25.2 Å². The predicted molar refractivity (Wildman–Crippen MR) is 135 cm³/mol. The van der Waals surface area contributed by atoms with Crippen LogP contribution in [0.5, 0.6) is 11.6 Å². The van der Waals surface area contributed by atoms with E-state index < -0.39 is 5.91 Å². The van der Waals surface area contributed by atoms with Crippen LogP contribution >= 0.6 is 11.6 Å². The lowest BCUT2D eigenvalue weighted by atomic mass is 10.0. The van der Waals surface area contributed by atoms with E-state index in [1.807, 2.05) is 19.9 Å². The minimum absolute atomic E-state index is 0.243. The predicted octanol–water partition coefficient (Wildman–Crippen LogP) is 4.59. The van der Waals surface area contributed by atoms with E-state index in [1.54, 1.807) is 36.5 Å². The first-order valence-corrected chi connectivity index (χ1v) is 11.8. The molecule has 0 unspecified atom stereocenters. The minimum Gasteiger partial charge on any atom is -0.438 e. The molecule has 1 aliphatic rings. The fourth-order valence-corrected chi connectivity index (χ4v) is 4.48. The molecule has 3 aromatic rings. The highest BCUT2D eigenvalue weighted by atomic mass is 35.5. The Bertz CT molecular complexity index is 1260. The summed E-state index contributed by atoms with van der Waals surface area (Å²) in [5, 5.41) is 13.1. The van der Waals surface area contributed by atoms with Crippen molar-refractivity contribution < 1.29 is 9.53 Å². The van der Waals surface area contributed by atoms with Gasteiger partial charge in [0.2, 0.25) is 17.7 Å². The van der Waals surface area contributed by atoms with Crippen LogP contribution in [-0.4, -0.2) is 39.9 Å². The molecule has 1 saturated heterocycles. The number of nitriles is 1. The largest absolute Gasteiger partial charge is 0.438 e. The lowest BCUT2D eigenvalue weighted by Gasteiger charge is -2.32. The van der Waals surface area contributed by atoms with E-state index in [1.165, 1.54) is 0 Å². The number of nitrogens with zero attached hydrogens (tertiary/aromatic N) is 4. The molecule has 2 heterocycles. The molecule has 8 nitrogen and oxygen atoms in total. The second-order valence-electron chi connectivity index (χ2n) is 8.74. The van der Waals surface area contributed by atoms with Crippen molar-refractivity contribution in [3.8, 4) is 17.7 Å². The summed E-state index contributed by atoms with van der Waals surface area (Å²) in [5.74, 6) is 1.19. The number of likely N-dealkylation sites (tertiary alicyclic amines) is 1. The molecule has 0 saturated carbocycles. The fraction of sp³-hybridized carbons (Fsp3) is 0.308. The second kappa shape index (κ2) is 10.7. The number of nitrogens with one attached hydrogen (secondary N) is 1. The van der Waals surface area contributed by atoms with E-state index in [4.69, 9.17) is 27.3 Å². The molecule has 0 spiro atoms. The van der Waals surface area contributed by atoms with Gasteiger partial charge in [-0.25, -0.2) is 4.98 Å². The van der Waals surface area contributed by atoms with Crippen molar-refractivity contribution in [1.82, 2.24) is 14.9 Å². The summed E-state index contributed by atoms with van der Waals surface area (Å²) in [6.07, 6.45) is 3.53. The van der Waals surface area contributed by atoms with Gasteiger partial charge in [0.05, 0.1) is 11.6 Å². The van der Waals surface area contributed by atoms with Crippen LogP contribution < -0.4 is 15.8 Å². The summed E-state index contributed by atoms with van der Waals surface area (Å²) < 4.78 is 6.04. The molecule has 0 radical (unpaired) electrons. The Balaban J connectivity index is 1.33. The molecule has 3 N–H and O–H groups in total. The molecular weight excluding hydrogens is 464 g/mol. The number of aromatic nitrogens is 2. The molecule has 9 heteroatoms. The maximum Gasteiger partial charge on any atom is 0.248 e. The zero-order chi connectivity index (χ0) is 24.9. The zero-order valence-electron chi connectivity index (χ0n) is 19.7. The molecule has 1 amide bonds. The van der Waals surface area contributed by atoms with Gasteiger partial charge in [-0.05, 0) is 67.6 Å². The summed E-state index contributed by atoms with van der Waals surface area (Å²) in [4.78, 5) is 22.5. The van der Waals surface area contributed by atoms with Gasteiger partial charge in [-0.1, -0.05) is 17.7 Å². The van der Waals surface area contributed by atoms with Gasteiger partial charge in [-0.15, -0.1) is 0 Å². The Morgan fingerprint density at radius 3 is 2.57 bits per heavy atom. The van der Waals surface area contributed by atoms with E-state index in [9.17, 15) is 4.79 Å². The van der Waals surface area contributed by atoms with Crippen molar-refractivity contribution in [1.29, 1.82) is 5.26 Å². The van der Waals surface area contributed by atoms with Gasteiger partial charge in [0.25, 0.3) is 0 Å². The summed E-state index contributed by atoms with van der Waals surface area (Å²) in [5.41, 5.74) is 9.08. The van der Waals surface area contributed by atoms with Crippen LogP contribution in [0.15, 0.2) is 42.6 Å². The highest BCUT2D eigenvalue weighted by Crippen LogP contribution is 2.29. The summed E-state index contributed by atoms with van der Waals surface area (Å²) in [7, 11) is 0. The van der Waals surface area contributed by atoms with Gasteiger partial charge < -0.3 is 15.8 Å². The number of rotatable bonds is 7. The third-order valence-electron chi connectivity index (χ3n) is 6.08. The average molecular weight is 491 g/mol. The Kier molecular flexibility index (Phi) is 7.49. The number of piperidine rings is 1. The van der Waals surface area contributed by atoms with E-state index >= 15 is 0 Å². The van der Waals surface area contributed by atoms with Crippen LogP contribution in [0.2, 0.25) is 5.02 Å². The number of hydrogen-bond acceptors (Lipinski definition) is 7. The lowest BCUT2D eigenvalue weighted by molar-refractivity contribution is 0.1000. The average Bonchev–Trinajstić information content (AvgIpc) is 2.84. The first-order chi connectivity index (χ1) is 16.8. The number of anilines is 1. The van der Waals surface area contributed by atoms with Crippen molar-refractivity contribution in [3.05, 3.63) is 75.4 Å². The molecular formula is C26H27ClN6O2. The van der Waals surface area contributed by atoms with Crippen molar-refractivity contribution >= 4 is 23.5 Å². The number of amides is 1. The molecule has 0 atom stereocenters. The van der Waals surface area contributed by atoms with Gasteiger partial charge >= 0.3 is 0 Å². The van der Waals surface area contributed by atoms with E-state index in [0.29, 0.717) is 40.3 Å². The number of nitrogens with two attached hydrogens (primary N) is 1. The minimum atomic E-state index is -0.482. The summed E-state index contributed by atoms with van der Waals surface area (Å²) >= 11 is 6.35. The molecule has 4 rings (SSSR count). The highest BCUT2D eigenvalue weighted by molar-refractivity contribution is 6.31. The molecule has 180 valence electrons. The van der Waals surface area contributed by atoms with Crippen molar-refractivity contribution in [2.75, 3.05) is 18.4 Å². The number of halogens is 1. The zero-order valence-corrected chi connectivity index (χ0v) is 20.5.